The van der Waals surface area contributed by atoms with E-state index in [1.165, 1.54) is 10.6 Å². The Hall–Kier alpha value is -1.54. The molecular formula is C11H10BrN3O3S. The van der Waals surface area contributed by atoms with Gasteiger partial charge in [-0.15, -0.1) is 5.10 Å². The second-order valence-electron chi connectivity index (χ2n) is 3.60. The molecule has 2 N–H and O–H groups in total. The van der Waals surface area contributed by atoms with Crippen molar-refractivity contribution in [3.63, 3.8) is 0 Å². The Labute approximate surface area is 121 Å². The quantitative estimate of drug-likeness (QED) is 0.888. The molecule has 0 unspecified atom stereocenters. The maximum Gasteiger partial charge on any atom is 0.343 e. The molecule has 19 heavy (non-hydrogen) atoms. The van der Waals surface area contributed by atoms with Crippen LogP contribution >= 0.6 is 27.7 Å². The van der Waals surface area contributed by atoms with E-state index in [0.717, 1.165) is 11.8 Å². The number of carboxylic acids is 1. The van der Waals surface area contributed by atoms with Crippen molar-refractivity contribution in [1.82, 2.24) is 14.8 Å². The van der Waals surface area contributed by atoms with Crippen LogP contribution in [0.5, 0.6) is 0 Å². The number of hydrogen-bond donors (Lipinski definition) is 2. The second-order valence-corrected chi connectivity index (χ2v) is 5.53. The molecule has 0 spiro atoms. The van der Waals surface area contributed by atoms with Crippen molar-refractivity contribution < 1.29 is 9.90 Å². The zero-order chi connectivity index (χ0) is 14.0. The zero-order valence-corrected chi connectivity index (χ0v) is 12.3. The number of carbonyl (C=O) groups is 1. The summed E-state index contributed by atoms with van der Waals surface area (Å²) in [7, 11) is 0. The summed E-state index contributed by atoms with van der Waals surface area (Å²) >= 11 is 4.37. The molecule has 8 heteroatoms. The molecular weight excluding hydrogens is 334 g/mol. The average Bonchev–Trinajstić information content (AvgIpc) is 2.71. The molecule has 0 aliphatic heterocycles. The van der Waals surface area contributed by atoms with E-state index in [0.29, 0.717) is 21.1 Å². The number of hydrogen-bond acceptors (Lipinski definition) is 4. The van der Waals surface area contributed by atoms with E-state index < -0.39 is 5.97 Å². The Kier molecular flexibility index (Phi) is 4.11. The van der Waals surface area contributed by atoms with Crippen LogP contribution in [0.2, 0.25) is 0 Å². The van der Waals surface area contributed by atoms with Crippen LogP contribution < -0.4 is 5.69 Å². The number of nitrogens with one attached hydrogen (secondary N) is 1. The molecule has 0 amide bonds. The predicted octanol–water partition coefficient (Wildman–Crippen LogP) is 2.20. The summed E-state index contributed by atoms with van der Waals surface area (Å²) in [6, 6.07) is 4.94. The Balaban J connectivity index is 2.43. The number of carboxylic acid groups (broad SMARTS) is 1. The third kappa shape index (κ3) is 2.90. The minimum atomic E-state index is -1.02. The topological polar surface area (TPSA) is 88.0 Å². The van der Waals surface area contributed by atoms with Gasteiger partial charge in [-0.1, -0.05) is 15.9 Å². The van der Waals surface area contributed by atoms with Crippen LogP contribution in [0, 0.1) is 0 Å². The molecule has 0 saturated carbocycles. The molecule has 100 valence electrons. The van der Waals surface area contributed by atoms with Gasteiger partial charge in [0.1, 0.15) is 0 Å². The van der Waals surface area contributed by atoms with E-state index in [1.807, 2.05) is 6.92 Å². The number of benzene rings is 1. The molecule has 2 rings (SSSR count). The number of halogens is 1. The third-order valence-corrected chi connectivity index (χ3v) is 3.98. The molecule has 0 atom stereocenters. The Morgan fingerprint density at radius 3 is 2.95 bits per heavy atom. The van der Waals surface area contributed by atoms with E-state index >= 15 is 0 Å². The number of H-pyrrole nitrogens is 1. The zero-order valence-electron chi connectivity index (χ0n) is 9.88. The lowest BCUT2D eigenvalue weighted by molar-refractivity contribution is 0.0693. The minimum absolute atomic E-state index is 0.164. The summed E-state index contributed by atoms with van der Waals surface area (Å²) in [4.78, 5) is 23.2. The van der Waals surface area contributed by atoms with Gasteiger partial charge in [0.2, 0.25) is 0 Å². The van der Waals surface area contributed by atoms with Crippen molar-refractivity contribution in [3.8, 4) is 0 Å². The maximum atomic E-state index is 11.4. The summed E-state index contributed by atoms with van der Waals surface area (Å²) in [5.74, 6) is -1.02. The first kappa shape index (κ1) is 13.9. The van der Waals surface area contributed by atoms with Gasteiger partial charge < -0.3 is 5.11 Å². The first-order valence-electron chi connectivity index (χ1n) is 5.38. The van der Waals surface area contributed by atoms with Crippen LogP contribution in [0.1, 0.15) is 17.3 Å². The molecule has 0 fully saturated rings. The van der Waals surface area contributed by atoms with Crippen molar-refractivity contribution in [3.05, 3.63) is 38.7 Å². The monoisotopic (exact) mass is 343 g/mol. The molecule has 0 bridgehead atoms. The van der Waals surface area contributed by atoms with Crippen LogP contribution in [0.15, 0.2) is 37.5 Å². The average molecular weight is 344 g/mol. The lowest BCUT2D eigenvalue weighted by Gasteiger charge is -2.06. The summed E-state index contributed by atoms with van der Waals surface area (Å²) < 4.78 is 2.13. The SMILES string of the molecule is CCn1c(Sc2ccc(Br)cc2C(=O)O)n[nH]c1=O. The highest BCUT2D eigenvalue weighted by Gasteiger charge is 2.15. The minimum Gasteiger partial charge on any atom is -0.478 e. The van der Waals surface area contributed by atoms with Crippen LogP contribution in [-0.4, -0.2) is 25.8 Å². The standard InChI is InChI=1S/C11H10BrN3O3S/c1-2-15-10(18)13-14-11(15)19-8-4-3-6(12)5-7(8)9(16)17/h3-5H,2H2,1H3,(H,13,18)(H,16,17). The maximum absolute atomic E-state index is 11.4. The van der Waals surface area contributed by atoms with E-state index in [1.54, 1.807) is 12.1 Å². The Morgan fingerprint density at radius 1 is 1.58 bits per heavy atom. The van der Waals surface area contributed by atoms with Gasteiger partial charge in [0.05, 0.1) is 5.56 Å². The summed E-state index contributed by atoms with van der Waals surface area (Å²) in [6.07, 6.45) is 0. The van der Waals surface area contributed by atoms with Crippen molar-refractivity contribution >= 4 is 33.7 Å². The summed E-state index contributed by atoms with van der Waals surface area (Å²) in [5, 5.41) is 15.8. The van der Waals surface area contributed by atoms with Crippen molar-refractivity contribution in [2.24, 2.45) is 0 Å². The fourth-order valence-corrected chi connectivity index (χ4v) is 2.88. The fraction of sp³-hybridized carbons (Fsp3) is 0.182. The molecule has 0 saturated heterocycles. The van der Waals surface area contributed by atoms with E-state index in [-0.39, 0.29) is 11.3 Å². The molecule has 1 heterocycles. The van der Waals surface area contributed by atoms with E-state index in [9.17, 15) is 9.59 Å². The highest BCUT2D eigenvalue weighted by Crippen LogP contribution is 2.30. The smallest absolute Gasteiger partial charge is 0.343 e. The van der Waals surface area contributed by atoms with Gasteiger partial charge in [-0.3, -0.25) is 4.57 Å². The van der Waals surface area contributed by atoms with Crippen LogP contribution in [-0.2, 0) is 6.54 Å². The summed E-state index contributed by atoms with van der Waals surface area (Å²) in [6.45, 7) is 2.29. The van der Waals surface area contributed by atoms with Crippen LogP contribution in [0.3, 0.4) is 0 Å². The summed E-state index contributed by atoms with van der Waals surface area (Å²) in [5.41, 5.74) is -0.142. The lowest BCUT2D eigenvalue weighted by atomic mass is 10.2. The number of nitrogens with zero attached hydrogens (tertiary/aromatic N) is 2. The molecule has 0 aliphatic rings. The number of rotatable bonds is 4. The fourth-order valence-electron chi connectivity index (χ4n) is 1.52. The van der Waals surface area contributed by atoms with E-state index in [2.05, 4.69) is 26.1 Å². The largest absolute Gasteiger partial charge is 0.478 e. The van der Waals surface area contributed by atoms with Gasteiger partial charge in [0.25, 0.3) is 0 Å². The molecule has 0 radical (unpaired) electrons. The van der Waals surface area contributed by atoms with Crippen molar-refractivity contribution in [2.45, 2.75) is 23.5 Å². The van der Waals surface area contributed by atoms with Crippen LogP contribution in [0.4, 0.5) is 0 Å². The highest BCUT2D eigenvalue weighted by atomic mass is 79.9. The third-order valence-electron chi connectivity index (χ3n) is 2.41. The van der Waals surface area contributed by atoms with Crippen molar-refractivity contribution in [1.29, 1.82) is 0 Å². The van der Waals surface area contributed by atoms with Gasteiger partial charge >= 0.3 is 11.7 Å². The molecule has 0 aliphatic carbocycles. The number of aromatic nitrogens is 3. The number of aromatic amines is 1. The molecule has 1 aromatic heterocycles. The van der Waals surface area contributed by atoms with Crippen LogP contribution in [0.25, 0.3) is 0 Å². The first-order chi connectivity index (χ1) is 9.02. The molecule has 1 aromatic carbocycles. The van der Waals surface area contributed by atoms with Gasteiger partial charge in [0, 0.05) is 15.9 Å². The van der Waals surface area contributed by atoms with Crippen molar-refractivity contribution in [2.75, 3.05) is 0 Å². The normalized spacial score (nSPS) is 10.6. The highest BCUT2D eigenvalue weighted by molar-refractivity contribution is 9.10. The van der Waals surface area contributed by atoms with Gasteiger partial charge in [-0.05, 0) is 36.9 Å². The van der Waals surface area contributed by atoms with Gasteiger partial charge in [0.15, 0.2) is 5.16 Å². The van der Waals surface area contributed by atoms with E-state index in [4.69, 9.17) is 5.11 Å². The molecule has 2 aromatic rings. The first-order valence-corrected chi connectivity index (χ1v) is 6.99. The predicted molar refractivity (Wildman–Crippen MR) is 73.7 cm³/mol. The lowest BCUT2D eigenvalue weighted by Crippen LogP contribution is -2.16. The number of aromatic carboxylic acids is 1. The van der Waals surface area contributed by atoms with Gasteiger partial charge in [-0.25, -0.2) is 14.7 Å². The van der Waals surface area contributed by atoms with Gasteiger partial charge in [-0.2, -0.15) is 0 Å². The molecule has 6 nitrogen and oxygen atoms in total. The Bertz CT molecular complexity index is 680. The second kappa shape index (κ2) is 5.62. The Morgan fingerprint density at radius 2 is 2.32 bits per heavy atom.